The van der Waals surface area contributed by atoms with E-state index in [1.54, 1.807) is 42.3 Å². The van der Waals surface area contributed by atoms with Crippen LogP contribution in [0.15, 0.2) is 51.7 Å². The lowest BCUT2D eigenvalue weighted by Crippen LogP contribution is -2.30. The third kappa shape index (κ3) is 3.39. The first kappa shape index (κ1) is 19.5. The molecular formula is C22H18ClNO4S. The summed E-state index contributed by atoms with van der Waals surface area (Å²) in [7, 11) is 1.55. The van der Waals surface area contributed by atoms with Crippen molar-refractivity contribution in [2.45, 2.75) is 13.8 Å². The van der Waals surface area contributed by atoms with E-state index in [4.69, 9.17) is 20.8 Å². The van der Waals surface area contributed by atoms with Crippen molar-refractivity contribution >= 4 is 55.6 Å². The highest BCUT2D eigenvalue weighted by atomic mass is 35.5. The zero-order valence-corrected chi connectivity index (χ0v) is 17.7. The van der Waals surface area contributed by atoms with Gasteiger partial charge in [0.05, 0.1) is 27.8 Å². The second-order valence-electron chi connectivity index (χ2n) is 6.61. The summed E-state index contributed by atoms with van der Waals surface area (Å²) in [5, 5.41) is 1.74. The van der Waals surface area contributed by atoms with E-state index in [9.17, 15) is 9.59 Å². The number of hydrogen-bond acceptors (Lipinski definition) is 5. The third-order valence-electron chi connectivity index (χ3n) is 4.74. The monoisotopic (exact) mass is 427 g/mol. The van der Waals surface area contributed by atoms with Gasteiger partial charge in [0.1, 0.15) is 11.3 Å². The number of nitrogens with zero attached hydrogens (tertiary/aromatic N) is 1. The number of anilines is 1. The van der Waals surface area contributed by atoms with Crippen LogP contribution in [0.1, 0.15) is 22.2 Å². The summed E-state index contributed by atoms with van der Waals surface area (Å²) >= 11 is 7.43. The van der Waals surface area contributed by atoms with E-state index in [1.165, 1.54) is 11.3 Å². The highest BCUT2D eigenvalue weighted by molar-refractivity contribution is 7.21. The molecule has 4 rings (SSSR count). The molecule has 0 saturated heterocycles. The van der Waals surface area contributed by atoms with Crippen molar-refractivity contribution in [2.24, 2.45) is 0 Å². The van der Waals surface area contributed by atoms with Crippen LogP contribution in [0.4, 0.5) is 5.69 Å². The highest BCUT2D eigenvalue weighted by Gasteiger charge is 2.23. The highest BCUT2D eigenvalue weighted by Crippen LogP contribution is 2.35. The van der Waals surface area contributed by atoms with E-state index in [-0.39, 0.29) is 5.91 Å². The average Bonchev–Trinajstić information content (AvgIpc) is 3.16. The Bertz CT molecular complexity index is 1310. The van der Waals surface area contributed by atoms with Gasteiger partial charge < -0.3 is 14.1 Å². The van der Waals surface area contributed by atoms with Gasteiger partial charge in [0, 0.05) is 17.0 Å². The summed E-state index contributed by atoms with van der Waals surface area (Å²) in [5.74, 6) is 0.320. The number of amides is 1. The predicted octanol–water partition coefficient (Wildman–Crippen LogP) is 5.64. The summed E-state index contributed by atoms with van der Waals surface area (Å²) in [6.07, 6.45) is 0. The van der Waals surface area contributed by atoms with Crippen LogP contribution in [-0.4, -0.2) is 19.6 Å². The van der Waals surface area contributed by atoms with Crippen molar-refractivity contribution in [3.63, 3.8) is 0 Å². The maximum Gasteiger partial charge on any atom is 0.345 e. The smallest absolute Gasteiger partial charge is 0.345 e. The Hall–Kier alpha value is -2.83. The number of rotatable bonds is 4. The SMILES string of the molecule is CCN(C(=O)c1cc2c(=O)oc3ccc(C)cc3c2s1)c1cc(Cl)ccc1OC. The number of halogens is 1. The Morgan fingerprint density at radius 2 is 1.97 bits per heavy atom. The number of benzene rings is 2. The van der Waals surface area contributed by atoms with Crippen molar-refractivity contribution in [2.75, 3.05) is 18.6 Å². The molecule has 0 fully saturated rings. The molecule has 0 aliphatic carbocycles. The van der Waals surface area contributed by atoms with E-state index < -0.39 is 5.63 Å². The molecule has 29 heavy (non-hydrogen) atoms. The Kier molecular flexibility index (Phi) is 5.06. The topological polar surface area (TPSA) is 59.8 Å². The number of carbonyl (C=O) groups excluding carboxylic acids is 1. The molecule has 2 aromatic carbocycles. The first-order valence-electron chi connectivity index (χ1n) is 9.05. The molecule has 0 radical (unpaired) electrons. The second-order valence-corrected chi connectivity index (χ2v) is 8.10. The van der Waals surface area contributed by atoms with Crippen LogP contribution < -0.4 is 15.3 Å². The van der Waals surface area contributed by atoms with Gasteiger partial charge in [-0.05, 0) is 50.2 Å². The summed E-state index contributed by atoms with van der Waals surface area (Å²) in [4.78, 5) is 27.8. The Morgan fingerprint density at radius 3 is 2.69 bits per heavy atom. The molecule has 148 valence electrons. The molecule has 0 bridgehead atoms. The van der Waals surface area contributed by atoms with E-state index >= 15 is 0 Å². The zero-order chi connectivity index (χ0) is 20.7. The first-order chi connectivity index (χ1) is 13.9. The summed E-state index contributed by atoms with van der Waals surface area (Å²) in [6, 6.07) is 12.4. The van der Waals surface area contributed by atoms with Gasteiger partial charge >= 0.3 is 5.63 Å². The van der Waals surface area contributed by atoms with Gasteiger partial charge in [0.25, 0.3) is 5.91 Å². The van der Waals surface area contributed by atoms with Gasteiger partial charge in [-0.1, -0.05) is 23.2 Å². The molecule has 0 aliphatic heterocycles. The standard InChI is InChI=1S/C22H18ClNO4S/c1-4-24(16-10-13(23)6-8-18(16)27-3)21(25)19-11-15-20(29-19)14-9-12(2)5-7-17(14)28-22(15)26/h5-11H,4H2,1-3H3. The van der Waals surface area contributed by atoms with Gasteiger partial charge in [-0.25, -0.2) is 4.79 Å². The molecule has 0 atom stereocenters. The summed E-state index contributed by atoms with van der Waals surface area (Å²) in [5.41, 5.74) is 1.69. The minimum Gasteiger partial charge on any atom is -0.495 e. The number of ether oxygens (including phenoxy) is 1. The number of carbonyl (C=O) groups is 1. The molecule has 7 heteroatoms. The van der Waals surface area contributed by atoms with E-state index in [0.29, 0.717) is 38.9 Å². The molecular weight excluding hydrogens is 410 g/mol. The lowest BCUT2D eigenvalue weighted by atomic mass is 10.1. The molecule has 2 heterocycles. The molecule has 0 aliphatic rings. The first-order valence-corrected chi connectivity index (χ1v) is 10.2. The average molecular weight is 428 g/mol. The van der Waals surface area contributed by atoms with Gasteiger partial charge in [0.2, 0.25) is 0 Å². The predicted molar refractivity (Wildman–Crippen MR) is 118 cm³/mol. The van der Waals surface area contributed by atoms with E-state index in [2.05, 4.69) is 0 Å². The molecule has 5 nitrogen and oxygen atoms in total. The van der Waals surface area contributed by atoms with Crippen LogP contribution in [0.3, 0.4) is 0 Å². The second kappa shape index (κ2) is 7.54. The number of methoxy groups -OCH3 is 1. The molecule has 2 aromatic heterocycles. The van der Waals surface area contributed by atoms with E-state index in [1.807, 2.05) is 26.0 Å². The fraction of sp³-hybridized carbons (Fsp3) is 0.182. The number of fused-ring (bicyclic) bond motifs is 3. The zero-order valence-electron chi connectivity index (χ0n) is 16.1. The normalized spacial score (nSPS) is 11.2. The Morgan fingerprint density at radius 1 is 1.17 bits per heavy atom. The fourth-order valence-electron chi connectivity index (χ4n) is 3.34. The van der Waals surface area contributed by atoms with Crippen LogP contribution in [-0.2, 0) is 0 Å². The lowest BCUT2D eigenvalue weighted by Gasteiger charge is -2.22. The largest absolute Gasteiger partial charge is 0.495 e. The quantitative estimate of drug-likeness (QED) is 0.395. The molecule has 0 saturated carbocycles. The number of hydrogen-bond donors (Lipinski definition) is 0. The number of thiophene rings is 1. The molecule has 0 unspecified atom stereocenters. The van der Waals surface area contributed by atoms with E-state index in [0.717, 1.165) is 15.6 Å². The van der Waals surface area contributed by atoms with Crippen molar-refractivity contribution in [3.8, 4) is 5.75 Å². The van der Waals surface area contributed by atoms with Crippen molar-refractivity contribution in [3.05, 3.63) is 68.3 Å². The van der Waals surface area contributed by atoms with Crippen LogP contribution in [0.25, 0.3) is 21.1 Å². The van der Waals surface area contributed by atoms with Crippen molar-refractivity contribution in [1.29, 1.82) is 0 Å². The summed E-state index contributed by atoms with van der Waals surface area (Å²) in [6.45, 7) is 4.26. The maximum absolute atomic E-state index is 13.3. The molecule has 0 spiro atoms. The van der Waals surface area contributed by atoms with Crippen LogP contribution in [0.5, 0.6) is 5.75 Å². The Labute approximate surface area is 176 Å². The number of aryl methyl sites for hydroxylation is 1. The molecule has 4 aromatic rings. The van der Waals surface area contributed by atoms with Crippen molar-refractivity contribution < 1.29 is 13.9 Å². The van der Waals surface area contributed by atoms with Gasteiger partial charge in [-0.2, -0.15) is 0 Å². The lowest BCUT2D eigenvalue weighted by molar-refractivity contribution is 0.0991. The Balaban J connectivity index is 1.87. The fourth-order valence-corrected chi connectivity index (χ4v) is 4.63. The van der Waals surface area contributed by atoms with Crippen LogP contribution in [0, 0.1) is 6.92 Å². The summed E-state index contributed by atoms with van der Waals surface area (Å²) < 4.78 is 11.6. The van der Waals surface area contributed by atoms with Gasteiger partial charge in [0.15, 0.2) is 0 Å². The maximum atomic E-state index is 13.3. The molecule has 1 amide bonds. The van der Waals surface area contributed by atoms with Crippen molar-refractivity contribution in [1.82, 2.24) is 0 Å². The van der Waals surface area contributed by atoms with Crippen LogP contribution >= 0.6 is 22.9 Å². The molecule has 0 N–H and O–H groups in total. The minimum atomic E-state index is -0.449. The van der Waals surface area contributed by atoms with Crippen LogP contribution in [0.2, 0.25) is 5.02 Å². The third-order valence-corrected chi connectivity index (χ3v) is 6.13. The van der Waals surface area contributed by atoms with Gasteiger partial charge in [-0.3, -0.25) is 4.79 Å². The van der Waals surface area contributed by atoms with Gasteiger partial charge in [-0.15, -0.1) is 11.3 Å². The minimum absolute atomic E-state index is 0.227.